The molecule has 4 fully saturated rings. The van der Waals surface area contributed by atoms with Crippen LogP contribution < -0.4 is 17.2 Å². The van der Waals surface area contributed by atoms with Crippen LogP contribution in [0.1, 0.15) is 98.8 Å². The van der Waals surface area contributed by atoms with Crippen LogP contribution >= 0.6 is 0 Å². The zero-order valence-electron chi connectivity index (χ0n) is 23.5. The summed E-state index contributed by atoms with van der Waals surface area (Å²) in [5, 5.41) is 11.0. The largest absolute Gasteiger partial charge is 0.344 e. The summed E-state index contributed by atoms with van der Waals surface area (Å²) in [5.74, 6) is 2.55. The fraction of sp³-hybridized carbons (Fsp3) is 0.862. The Bertz CT molecular complexity index is 713. The lowest BCUT2D eigenvalue weighted by molar-refractivity contribution is -0.0980. The third-order valence-electron chi connectivity index (χ3n) is 10.5. The van der Waals surface area contributed by atoms with E-state index in [0.717, 1.165) is 24.1 Å². The maximum Gasteiger partial charge on any atom is 0.106 e. The minimum Gasteiger partial charge on any atom is -0.344 e. The predicted octanol–water partition coefficient (Wildman–Crippen LogP) is 6.55. The Morgan fingerprint density at radius 2 is 1.79 bits per heavy atom. The number of fused-ring (bicyclic) bond motifs is 1. The second-order valence-corrected chi connectivity index (χ2v) is 12.3. The summed E-state index contributed by atoms with van der Waals surface area (Å²) < 4.78 is 0. The normalized spacial score (nSPS) is 38.2. The molecule has 0 heterocycles. The van der Waals surface area contributed by atoms with Gasteiger partial charge in [-0.25, -0.2) is 0 Å². The second kappa shape index (κ2) is 11.8. The monoisotopic (exact) mass is 476 g/mol. The maximum absolute atomic E-state index is 8.27. The highest BCUT2D eigenvalue weighted by Gasteiger charge is 2.84. The number of carbonyl (C=O) groups is 1. The highest BCUT2D eigenvalue weighted by atomic mass is 16.1. The smallest absolute Gasteiger partial charge is 0.106 e. The fourth-order valence-corrected chi connectivity index (χ4v) is 8.68. The highest BCUT2D eigenvalue weighted by molar-refractivity contribution is 5.82. The molecule has 6 unspecified atom stereocenters. The molecule has 5 aliphatic carbocycles. The molecule has 5 aliphatic rings. The van der Waals surface area contributed by atoms with E-state index in [2.05, 4.69) is 46.0 Å². The molecule has 0 saturated heterocycles. The van der Waals surface area contributed by atoms with Crippen molar-refractivity contribution in [1.82, 2.24) is 11.5 Å². The number of nitrogens with two attached hydrogens (primary N) is 1. The molecule has 6 atom stereocenters. The molecule has 5 heteroatoms. The average molecular weight is 477 g/mol. The molecule has 0 amide bonds. The van der Waals surface area contributed by atoms with Crippen LogP contribution in [0.2, 0.25) is 0 Å². The summed E-state index contributed by atoms with van der Waals surface area (Å²) in [6, 6.07) is 0. The number of nitrogens with one attached hydrogen (secondary N) is 2. The van der Waals surface area contributed by atoms with Crippen LogP contribution in [-0.4, -0.2) is 33.1 Å². The number of hydrogen-bond acceptors (Lipinski definition) is 5. The lowest BCUT2D eigenvalue weighted by Crippen LogP contribution is -2.40. The number of rotatable bonds is 3. The first-order valence-electron chi connectivity index (χ1n) is 13.4. The summed E-state index contributed by atoms with van der Waals surface area (Å²) in [5.41, 5.74) is 10.5. The first kappa shape index (κ1) is 31.0. The molecular weight excluding hydrogens is 420 g/mol. The van der Waals surface area contributed by atoms with Gasteiger partial charge in [0.15, 0.2) is 0 Å². The van der Waals surface area contributed by atoms with Gasteiger partial charge in [0.2, 0.25) is 0 Å². The van der Waals surface area contributed by atoms with Gasteiger partial charge in [0, 0.05) is 17.0 Å². The van der Waals surface area contributed by atoms with Gasteiger partial charge in [0.05, 0.1) is 0 Å². The molecule has 0 aromatic carbocycles. The van der Waals surface area contributed by atoms with Gasteiger partial charge in [-0.15, -0.1) is 0 Å². The van der Waals surface area contributed by atoms with Crippen LogP contribution in [0.5, 0.6) is 0 Å². The van der Waals surface area contributed by atoms with Crippen molar-refractivity contribution in [2.45, 2.75) is 98.8 Å². The molecule has 198 valence electrons. The number of hydrogen-bond donors (Lipinski definition) is 4. The van der Waals surface area contributed by atoms with E-state index in [-0.39, 0.29) is 6.15 Å². The van der Waals surface area contributed by atoms with Crippen molar-refractivity contribution >= 4 is 12.5 Å². The Kier molecular flexibility index (Phi) is 10.8. The zero-order chi connectivity index (χ0) is 25.1. The number of carbonyl (C=O) groups excluding carboxylic acids is 1. The van der Waals surface area contributed by atoms with Gasteiger partial charge in [0.1, 0.15) is 6.79 Å². The Hall–Kier alpha value is -1.04. The Morgan fingerprint density at radius 1 is 1.18 bits per heavy atom. The van der Waals surface area contributed by atoms with Crippen molar-refractivity contribution in [3.05, 3.63) is 11.6 Å². The molecule has 34 heavy (non-hydrogen) atoms. The van der Waals surface area contributed by atoms with Crippen molar-refractivity contribution in [1.29, 1.82) is 5.41 Å². The topological polar surface area (TPSA) is 114 Å². The van der Waals surface area contributed by atoms with Crippen LogP contribution in [0.15, 0.2) is 11.6 Å². The minimum atomic E-state index is 0. The molecule has 5 nitrogen and oxygen atoms in total. The third kappa shape index (κ3) is 4.69. The molecule has 4 saturated carbocycles. The summed E-state index contributed by atoms with van der Waals surface area (Å²) in [4.78, 5) is 8.00. The van der Waals surface area contributed by atoms with E-state index in [1.54, 1.807) is 0 Å². The fourth-order valence-electron chi connectivity index (χ4n) is 8.68. The zero-order valence-corrected chi connectivity index (χ0v) is 23.5. The van der Waals surface area contributed by atoms with Gasteiger partial charge in [0.25, 0.3) is 0 Å². The second-order valence-electron chi connectivity index (χ2n) is 12.3. The summed E-state index contributed by atoms with van der Waals surface area (Å²) in [7, 11) is 3.75. The Balaban J connectivity index is 0.000000381. The molecular formula is C29H56N4O. The standard InChI is InChI=1S/C20H29N.C6H15N.C2H7N.CH2O.H3N/c1-13(21)15-6-7-16-18(15,2)11-9-17-19-10-4-3-5-14(19)8-12-20(16,17)19;1-4-6(2,3)5-7;1-3-2;1-2;/h5,15-17,21H,3-4,6-12H2,1-2H3;4-5,7H2,1-3H3;3H,1-2H3;1H2;1H3. The Labute approximate surface area is 210 Å². The van der Waals surface area contributed by atoms with Gasteiger partial charge in [-0.2, -0.15) is 0 Å². The third-order valence-corrected chi connectivity index (χ3v) is 10.5. The van der Waals surface area contributed by atoms with Gasteiger partial charge in [-0.3, -0.25) is 0 Å². The van der Waals surface area contributed by atoms with Crippen LogP contribution in [0.25, 0.3) is 0 Å². The lowest BCUT2D eigenvalue weighted by Gasteiger charge is -2.45. The summed E-state index contributed by atoms with van der Waals surface area (Å²) in [6.07, 6.45) is 16.6. The van der Waals surface area contributed by atoms with E-state index in [0.29, 0.717) is 27.6 Å². The number of allylic oxidation sites excluding steroid dienone is 2. The summed E-state index contributed by atoms with van der Waals surface area (Å²) in [6.45, 7) is 13.9. The molecule has 7 N–H and O–H groups in total. The summed E-state index contributed by atoms with van der Waals surface area (Å²) >= 11 is 0. The molecule has 0 bridgehead atoms. The first-order chi connectivity index (χ1) is 15.6. The maximum atomic E-state index is 8.27. The molecule has 0 aromatic heterocycles. The van der Waals surface area contributed by atoms with E-state index in [4.69, 9.17) is 15.9 Å². The van der Waals surface area contributed by atoms with Crippen molar-refractivity contribution in [2.24, 2.45) is 45.1 Å². The quantitative estimate of drug-likeness (QED) is 0.273. The molecule has 0 aromatic rings. The van der Waals surface area contributed by atoms with Crippen molar-refractivity contribution < 1.29 is 4.79 Å². The molecule has 0 aliphatic heterocycles. The molecule has 0 radical (unpaired) electrons. The van der Waals surface area contributed by atoms with Crippen LogP contribution in [0.3, 0.4) is 0 Å². The van der Waals surface area contributed by atoms with Crippen LogP contribution in [0, 0.1) is 44.8 Å². The van der Waals surface area contributed by atoms with Crippen molar-refractivity contribution in [3.8, 4) is 0 Å². The lowest BCUT2D eigenvalue weighted by atomic mass is 9.59. The minimum absolute atomic E-state index is 0. The first-order valence-corrected chi connectivity index (χ1v) is 13.4. The Morgan fingerprint density at radius 3 is 2.29 bits per heavy atom. The van der Waals surface area contributed by atoms with Gasteiger partial charge in [-0.05, 0) is 120 Å². The van der Waals surface area contributed by atoms with Crippen LogP contribution in [0.4, 0.5) is 0 Å². The van der Waals surface area contributed by atoms with Crippen LogP contribution in [-0.2, 0) is 4.79 Å². The van der Waals surface area contributed by atoms with E-state index in [1.807, 2.05) is 26.5 Å². The van der Waals surface area contributed by atoms with Gasteiger partial charge >= 0.3 is 0 Å². The van der Waals surface area contributed by atoms with E-state index in [9.17, 15) is 0 Å². The van der Waals surface area contributed by atoms with Crippen molar-refractivity contribution in [3.63, 3.8) is 0 Å². The van der Waals surface area contributed by atoms with Gasteiger partial charge < -0.3 is 27.4 Å². The van der Waals surface area contributed by atoms with E-state index < -0.39 is 0 Å². The predicted molar refractivity (Wildman–Crippen MR) is 147 cm³/mol. The highest BCUT2D eigenvalue weighted by Crippen LogP contribution is 2.91. The molecule has 5 rings (SSSR count). The van der Waals surface area contributed by atoms with Crippen molar-refractivity contribution in [2.75, 3.05) is 20.6 Å². The van der Waals surface area contributed by atoms with E-state index >= 15 is 0 Å². The van der Waals surface area contributed by atoms with Gasteiger partial charge in [-0.1, -0.05) is 39.3 Å². The average Bonchev–Trinajstić information content (AvgIpc) is 3.06. The van der Waals surface area contributed by atoms with E-state index in [1.165, 1.54) is 64.2 Å². The molecule has 2 spiro atoms. The SMILES string of the molecule is C=O.CC(=N)C1CCC2C1(C)CCC1C34CCCC=C3CCC214.CCC(C)(C)CN.CNC.N.